The number of halogens is 1. The Morgan fingerprint density at radius 1 is 1.08 bits per heavy atom. The molecule has 0 bridgehead atoms. The number of oxazole rings is 1. The molecule has 4 aromatic rings. The van der Waals surface area contributed by atoms with Crippen LogP contribution in [0.1, 0.15) is 11.5 Å². The van der Waals surface area contributed by atoms with Gasteiger partial charge in [-0.15, -0.1) is 5.10 Å². The predicted molar refractivity (Wildman–Crippen MR) is 100 cm³/mol. The molecule has 8 heteroatoms. The minimum atomic E-state index is 0.528. The van der Waals surface area contributed by atoms with E-state index in [0.29, 0.717) is 27.6 Å². The average molecular weight is 384 g/mol. The summed E-state index contributed by atoms with van der Waals surface area (Å²) in [4.78, 5) is 4.33. The van der Waals surface area contributed by atoms with Gasteiger partial charge in [0.25, 0.3) is 0 Å². The highest BCUT2D eigenvalue weighted by Crippen LogP contribution is 2.26. The summed E-state index contributed by atoms with van der Waals surface area (Å²) in [5.41, 5.74) is 3.03. The van der Waals surface area contributed by atoms with Crippen LogP contribution in [0.2, 0.25) is 5.02 Å². The van der Waals surface area contributed by atoms with Crippen molar-refractivity contribution < 1.29 is 4.42 Å². The van der Waals surface area contributed by atoms with Crippen molar-refractivity contribution in [3.05, 3.63) is 71.2 Å². The SMILES string of the molecule is Cc1ccc(-n2nnnc2SCc2ncc(-c3ccc(Cl)cc3)o2)cc1. The Labute approximate surface area is 159 Å². The normalized spacial score (nSPS) is 11.0. The summed E-state index contributed by atoms with van der Waals surface area (Å²) in [6.45, 7) is 2.04. The summed E-state index contributed by atoms with van der Waals surface area (Å²) in [5, 5.41) is 13.3. The topological polar surface area (TPSA) is 69.6 Å². The third-order valence-electron chi connectivity index (χ3n) is 3.73. The van der Waals surface area contributed by atoms with Crippen molar-refractivity contribution in [2.24, 2.45) is 0 Å². The molecule has 4 rings (SSSR count). The smallest absolute Gasteiger partial charge is 0.214 e. The molecule has 2 aromatic heterocycles. The molecule has 2 aromatic carbocycles. The van der Waals surface area contributed by atoms with Crippen molar-refractivity contribution in [1.29, 1.82) is 0 Å². The Bertz CT molecular complexity index is 1010. The Kier molecular flexibility index (Phi) is 4.73. The van der Waals surface area contributed by atoms with Crippen molar-refractivity contribution in [3.63, 3.8) is 0 Å². The Hall–Kier alpha value is -2.64. The van der Waals surface area contributed by atoms with Gasteiger partial charge in [-0.05, 0) is 53.7 Å². The maximum absolute atomic E-state index is 5.91. The number of hydrogen-bond donors (Lipinski definition) is 0. The second-order valence-electron chi connectivity index (χ2n) is 5.62. The van der Waals surface area contributed by atoms with E-state index in [0.717, 1.165) is 11.3 Å². The van der Waals surface area contributed by atoms with Gasteiger partial charge in [-0.25, -0.2) is 4.98 Å². The van der Waals surface area contributed by atoms with Gasteiger partial charge >= 0.3 is 0 Å². The fraction of sp³-hybridized carbons (Fsp3) is 0.111. The molecule has 26 heavy (non-hydrogen) atoms. The molecule has 0 aliphatic heterocycles. The number of rotatable bonds is 5. The van der Waals surface area contributed by atoms with Crippen molar-refractivity contribution in [1.82, 2.24) is 25.2 Å². The minimum Gasteiger partial charge on any atom is -0.440 e. The second kappa shape index (κ2) is 7.31. The third-order valence-corrected chi connectivity index (χ3v) is 4.88. The summed E-state index contributed by atoms with van der Waals surface area (Å²) < 4.78 is 7.52. The number of tetrazole rings is 1. The molecule has 0 aliphatic carbocycles. The Balaban J connectivity index is 1.48. The minimum absolute atomic E-state index is 0.528. The van der Waals surface area contributed by atoms with E-state index in [9.17, 15) is 0 Å². The van der Waals surface area contributed by atoms with E-state index >= 15 is 0 Å². The van der Waals surface area contributed by atoms with Crippen LogP contribution >= 0.6 is 23.4 Å². The zero-order valence-corrected chi connectivity index (χ0v) is 15.4. The van der Waals surface area contributed by atoms with E-state index in [1.54, 1.807) is 10.9 Å². The van der Waals surface area contributed by atoms with Gasteiger partial charge in [-0.1, -0.05) is 41.1 Å². The zero-order chi connectivity index (χ0) is 17.9. The van der Waals surface area contributed by atoms with Gasteiger partial charge < -0.3 is 4.42 Å². The van der Waals surface area contributed by atoms with E-state index < -0.39 is 0 Å². The maximum Gasteiger partial charge on any atom is 0.214 e. The monoisotopic (exact) mass is 383 g/mol. The molecule has 0 unspecified atom stereocenters. The second-order valence-corrected chi connectivity index (χ2v) is 7.00. The van der Waals surface area contributed by atoms with Gasteiger partial charge in [0, 0.05) is 10.6 Å². The summed E-state index contributed by atoms with van der Waals surface area (Å²) >= 11 is 7.38. The highest BCUT2D eigenvalue weighted by atomic mass is 35.5. The summed E-state index contributed by atoms with van der Waals surface area (Å²) in [6, 6.07) is 15.5. The van der Waals surface area contributed by atoms with E-state index in [1.807, 2.05) is 55.5 Å². The van der Waals surface area contributed by atoms with Crippen LogP contribution in [0.15, 0.2) is 64.3 Å². The number of nitrogens with zero attached hydrogens (tertiary/aromatic N) is 5. The van der Waals surface area contributed by atoms with E-state index in [-0.39, 0.29) is 0 Å². The lowest BCUT2D eigenvalue weighted by atomic mass is 10.2. The molecule has 0 N–H and O–H groups in total. The molecule has 0 saturated carbocycles. The number of aromatic nitrogens is 5. The molecule has 130 valence electrons. The van der Waals surface area contributed by atoms with Crippen LogP contribution in [0.3, 0.4) is 0 Å². The molecule has 0 aliphatic rings. The van der Waals surface area contributed by atoms with Gasteiger partial charge in [0.1, 0.15) is 0 Å². The van der Waals surface area contributed by atoms with Crippen LogP contribution in [0.5, 0.6) is 0 Å². The summed E-state index contributed by atoms with van der Waals surface area (Å²) in [5.74, 6) is 1.84. The van der Waals surface area contributed by atoms with Gasteiger partial charge in [0.05, 0.1) is 17.6 Å². The number of hydrogen-bond acceptors (Lipinski definition) is 6. The summed E-state index contributed by atoms with van der Waals surface area (Å²) in [7, 11) is 0. The first-order valence-electron chi connectivity index (χ1n) is 7.88. The van der Waals surface area contributed by atoms with Crippen LogP contribution in [-0.4, -0.2) is 25.2 Å². The van der Waals surface area contributed by atoms with Crippen molar-refractivity contribution >= 4 is 23.4 Å². The molecule has 6 nitrogen and oxygen atoms in total. The molecule has 0 spiro atoms. The molecule has 0 radical (unpaired) electrons. The molecule has 0 atom stereocenters. The molecular formula is C18H14ClN5OS. The highest BCUT2D eigenvalue weighted by molar-refractivity contribution is 7.98. The number of aryl methyl sites for hydroxylation is 1. The first-order chi connectivity index (χ1) is 12.7. The molecule has 0 fully saturated rings. The fourth-order valence-electron chi connectivity index (χ4n) is 2.37. The predicted octanol–water partition coefficient (Wildman–Crippen LogP) is 4.57. The number of thioether (sulfide) groups is 1. The first kappa shape index (κ1) is 16.8. The van der Waals surface area contributed by atoms with Gasteiger partial charge in [0.15, 0.2) is 5.76 Å². The van der Waals surface area contributed by atoms with E-state index in [2.05, 4.69) is 20.5 Å². The molecule has 2 heterocycles. The summed E-state index contributed by atoms with van der Waals surface area (Å²) in [6.07, 6.45) is 1.71. The lowest BCUT2D eigenvalue weighted by molar-refractivity contribution is 0.529. The number of benzene rings is 2. The molecule has 0 amide bonds. The van der Waals surface area contributed by atoms with Gasteiger partial charge in [0.2, 0.25) is 11.0 Å². The maximum atomic E-state index is 5.91. The van der Waals surface area contributed by atoms with Crippen LogP contribution in [-0.2, 0) is 5.75 Å². The van der Waals surface area contributed by atoms with E-state index in [4.69, 9.17) is 16.0 Å². The van der Waals surface area contributed by atoms with Crippen molar-refractivity contribution in [3.8, 4) is 17.0 Å². The Morgan fingerprint density at radius 3 is 2.62 bits per heavy atom. The van der Waals surface area contributed by atoms with Gasteiger partial charge in [-0.2, -0.15) is 4.68 Å². The Morgan fingerprint density at radius 2 is 1.85 bits per heavy atom. The van der Waals surface area contributed by atoms with Crippen LogP contribution in [0, 0.1) is 6.92 Å². The lowest BCUT2D eigenvalue weighted by Crippen LogP contribution is -1.99. The quantitative estimate of drug-likeness (QED) is 0.470. The average Bonchev–Trinajstić information content (AvgIpc) is 3.30. The van der Waals surface area contributed by atoms with E-state index in [1.165, 1.54) is 17.3 Å². The fourth-order valence-corrected chi connectivity index (χ4v) is 3.24. The zero-order valence-electron chi connectivity index (χ0n) is 13.8. The van der Waals surface area contributed by atoms with Crippen LogP contribution < -0.4 is 0 Å². The third kappa shape index (κ3) is 3.63. The highest BCUT2D eigenvalue weighted by Gasteiger charge is 2.12. The van der Waals surface area contributed by atoms with Crippen molar-refractivity contribution in [2.75, 3.05) is 0 Å². The van der Waals surface area contributed by atoms with Gasteiger partial charge in [-0.3, -0.25) is 0 Å². The van der Waals surface area contributed by atoms with Crippen LogP contribution in [0.4, 0.5) is 0 Å². The van der Waals surface area contributed by atoms with Crippen molar-refractivity contribution in [2.45, 2.75) is 17.8 Å². The first-order valence-corrected chi connectivity index (χ1v) is 9.24. The molecule has 0 saturated heterocycles. The molecular weight excluding hydrogens is 370 g/mol. The standard InChI is InChI=1S/C18H14ClN5OS/c1-12-2-8-15(9-3-12)24-18(21-22-23-24)26-11-17-20-10-16(25-17)13-4-6-14(19)7-5-13/h2-10H,11H2,1H3. The largest absolute Gasteiger partial charge is 0.440 e. The van der Waals surface area contributed by atoms with Crippen LogP contribution in [0.25, 0.3) is 17.0 Å². The lowest BCUT2D eigenvalue weighted by Gasteiger charge is -2.03.